The van der Waals surface area contributed by atoms with E-state index in [1.807, 2.05) is 14.0 Å². The molecule has 2 heterocycles. The van der Waals surface area contributed by atoms with Crippen LogP contribution in [0.25, 0.3) is 0 Å². The summed E-state index contributed by atoms with van der Waals surface area (Å²) in [6.07, 6.45) is 3.95. The minimum Gasteiger partial charge on any atom is -0.302 e. The fraction of sp³-hybridized carbons (Fsp3) is 0.800. The van der Waals surface area contributed by atoms with Crippen molar-refractivity contribution in [2.45, 2.75) is 45.7 Å². The maximum atomic E-state index is 6.29. The summed E-state index contributed by atoms with van der Waals surface area (Å²) in [5.41, 5.74) is 2.20. The zero-order valence-electron chi connectivity index (χ0n) is 13.2. The van der Waals surface area contributed by atoms with Crippen LogP contribution in [0.4, 0.5) is 0 Å². The topological polar surface area (TPSA) is 24.3 Å². The second kappa shape index (κ2) is 6.92. The Hall–Kier alpha value is -0.580. The van der Waals surface area contributed by atoms with Crippen molar-refractivity contribution in [2.24, 2.45) is 7.05 Å². The van der Waals surface area contributed by atoms with Crippen LogP contribution in [0.15, 0.2) is 0 Å². The van der Waals surface area contributed by atoms with E-state index < -0.39 is 0 Å². The Morgan fingerprint density at radius 1 is 1.35 bits per heavy atom. The predicted octanol–water partition coefficient (Wildman–Crippen LogP) is 2.69. The molecule has 1 aromatic rings. The van der Waals surface area contributed by atoms with Crippen molar-refractivity contribution >= 4 is 11.6 Å². The van der Waals surface area contributed by atoms with Crippen molar-refractivity contribution < 1.29 is 0 Å². The number of hydrogen-bond acceptors (Lipinski definition) is 3. The number of aryl methyl sites for hydroxylation is 2. The van der Waals surface area contributed by atoms with E-state index in [1.165, 1.54) is 32.4 Å². The highest BCUT2D eigenvalue weighted by Crippen LogP contribution is 2.20. The minimum atomic E-state index is 0.686. The van der Waals surface area contributed by atoms with Gasteiger partial charge in [-0.05, 0) is 59.8 Å². The van der Waals surface area contributed by atoms with Gasteiger partial charge in [-0.2, -0.15) is 5.10 Å². The number of halogens is 1. The first-order valence-corrected chi connectivity index (χ1v) is 7.97. The van der Waals surface area contributed by atoms with E-state index in [9.17, 15) is 0 Å². The number of aromatic nitrogens is 2. The van der Waals surface area contributed by atoms with Gasteiger partial charge in [-0.25, -0.2) is 0 Å². The summed E-state index contributed by atoms with van der Waals surface area (Å²) in [7, 11) is 4.06. The highest BCUT2D eigenvalue weighted by atomic mass is 35.5. The Kier molecular flexibility index (Phi) is 5.47. The van der Waals surface area contributed by atoms with Gasteiger partial charge in [0, 0.05) is 25.2 Å². The van der Waals surface area contributed by atoms with Gasteiger partial charge in [0.2, 0.25) is 0 Å². The van der Waals surface area contributed by atoms with E-state index >= 15 is 0 Å². The smallest absolute Gasteiger partial charge is 0.131 e. The average Bonchev–Trinajstić information content (AvgIpc) is 3.01. The number of likely N-dealkylation sites (tertiary alicyclic amines) is 1. The molecule has 0 spiro atoms. The summed E-state index contributed by atoms with van der Waals surface area (Å²) < 4.78 is 1.76. The molecule has 2 rings (SSSR count). The van der Waals surface area contributed by atoms with Crippen LogP contribution in [0.3, 0.4) is 0 Å². The van der Waals surface area contributed by atoms with Gasteiger partial charge in [-0.1, -0.05) is 11.6 Å². The van der Waals surface area contributed by atoms with Crippen molar-refractivity contribution in [3.8, 4) is 0 Å². The molecule has 0 amide bonds. The van der Waals surface area contributed by atoms with Gasteiger partial charge >= 0.3 is 0 Å². The quantitative estimate of drug-likeness (QED) is 0.807. The molecule has 0 saturated carbocycles. The molecule has 0 aromatic carbocycles. The fourth-order valence-corrected chi connectivity index (χ4v) is 3.21. The molecule has 5 heteroatoms. The summed E-state index contributed by atoms with van der Waals surface area (Å²) in [5.74, 6) is 0. The highest BCUT2D eigenvalue weighted by molar-refractivity contribution is 6.30. The first kappa shape index (κ1) is 15.8. The first-order valence-electron chi connectivity index (χ1n) is 7.59. The third-order valence-electron chi connectivity index (χ3n) is 4.39. The van der Waals surface area contributed by atoms with Crippen LogP contribution in [-0.4, -0.2) is 52.3 Å². The molecule has 20 heavy (non-hydrogen) atoms. The lowest BCUT2D eigenvalue weighted by Gasteiger charge is -2.26. The summed E-state index contributed by atoms with van der Waals surface area (Å²) >= 11 is 6.29. The van der Waals surface area contributed by atoms with Crippen LogP contribution < -0.4 is 0 Å². The number of rotatable bonds is 6. The molecular formula is C15H27ClN4. The molecule has 0 aliphatic carbocycles. The maximum Gasteiger partial charge on any atom is 0.131 e. The van der Waals surface area contributed by atoms with E-state index in [4.69, 9.17) is 11.6 Å². The predicted molar refractivity (Wildman–Crippen MR) is 84.2 cm³/mol. The lowest BCUT2D eigenvalue weighted by atomic mass is 10.2. The summed E-state index contributed by atoms with van der Waals surface area (Å²) in [6, 6.07) is 0.686. The van der Waals surface area contributed by atoms with Gasteiger partial charge in [-0.15, -0.1) is 0 Å². The average molecular weight is 299 g/mol. The molecule has 114 valence electrons. The normalized spacial score (nSPS) is 18.1. The summed E-state index contributed by atoms with van der Waals surface area (Å²) in [5, 5.41) is 5.14. The summed E-state index contributed by atoms with van der Waals surface area (Å²) in [6.45, 7) is 8.91. The Balaban J connectivity index is 1.81. The molecule has 1 saturated heterocycles. The molecule has 1 fully saturated rings. The lowest BCUT2D eigenvalue weighted by Crippen LogP contribution is -2.33. The fourth-order valence-electron chi connectivity index (χ4n) is 2.97. The van der Waals surface area contributed by atoms with Crippen molar-refractivity contribution in [1.29, 1.82) is 0 Å². The largest absolute Gasteiger partial charge is 0.302 e. The van der Waals surface area contributed by atoms with E-state index in [0.29, 0.717) is 6.04 Å². The number of nitrogens with zero attached hydrogens (tertiary/aromatic N) is 4. The van der Waals surface area contributed by atoms with E-state index in [-0.39, 0.29) is 0 Å². The van der Waals surface area contributed by atoms with Crippen molar-refractivity contribution in [3.05, 3.63) is 16.4 Å². The zero-order valence-corrected chi connectivity index (χ0v) is 13.9. The Morgan fingerprint density at radius 2 is 2.00 bits per heavy atom. The molecule has 0 radical (unpaired) electrons. The number of hydrogen-bond donors (Lipinski definition) is 0. The molecule has 0 bridgehead atoms. The molecule has 1 atom stereocenters. The van der Waals surface area contributed by atoms with Gasteiger partial charge in [-0.3, -0.25) is 4.68 Å². The van der Waals surface area contributed by atoms with Crippen molar-refractivity contribution in [1.82, 2.24) is 19.6 Å². The SMILES string of the molecule is Cc1nn(C)c(Cl)c1CN(C)CC[C@@H](C)N1CCCC1. The third kappa shape index (κ3) is 3.74. The molecule has 0 unspecified atom stereocenters. The first-order chi connectivity index (χ1) is 9.49. The van der Waals surface area contributed by atoms with E-state index in [2.05, 4.69) is 28.9 Å². The standard InChI is InChI=1S/C15H27ClN4/c1-12(20-8-5-6-9-20)7-10-18(3)11-14-13(2)17-19(4)15(14)16/h12H,5-11H2,1-4H3/t12-/m1/s1. The molecular weight excluding hydrogens is 272 g/mol. The molecule has 0 N–H and O–H groups in total. The third-order valence-corrected chi connectivity index (χ3v) is 4.86. The lowest BCUT2D eigenvalue weighted by molar-refractivity contribution is 0.215. The van der Waals surface area contributed by atoms with Crippen LogP contribution in [0.2, 0.25) is 5.15 Å². The van der Waals surface area contributed by atoms with E-state index in [0.717, 1.165) is 29.5 Å². The molecule has 1 aromatic heterocycles. The van der Waals surface area contributed by atoms with Crippen LogP contribution in [-0.2, 0) is 13.6 Å². The van der Waals surface area contributed by atoms with Crippen molar-refractivity contribution in [3.63, 3.8) is 0 Å². The van der Waals surface area contributed by atoms with Gasteiger partial charge in [0.05, 0.1) is 5.69 Å². The molecule has 1 aliphatic heterocycles. The second-order valence-corrected chi connectivity index (χ2v) is 6.45. The minimum absolute atomic E-state index is 0.686. The Labute approximate surface area is 127 Å². The summed E-state index contributed by atoms with van der Waals surface area (Å²) in [4.78, 5) is 4.96. The maximum absolute atomic E-state index is 6.29. The van der Waals surface area contributed by atoms with Crippen LogP contribution >= 0.6 is 11.6 Å². The van der Waals surface area contributed by atoms with Crippen molar-refractivity contribution in [2.75, 3.05) is 26.7 Å². The van der Waals surface area contributed by atoms with Gasteiger partial charge in [0.25, 0.3) is 0 Å². The van der Waals surface area contributed by atoms with E-state index in [1.54, 1.807) is 4.68 Å². The molecule has 1 aliphatic rings. The monoisotopic (exact) mass is 298 g/mol. The van der Waals surface area contributed by atoms with Crippen LogP contribution in [0.5, 0.6) is 0 Å². The van der Waals surface area contributed by atoms with Gasteiger partial charge < -0.3 is 9.80 Å². The molecule has 4 nitrogen and oxygen atoms in total. The van der Waals surface area contributed by atoms with Crippen LogP contribution in [0, 0.1) is 6.92 Å². The zero-order chi connectivity index (χ0) is 14.7. The van der Waals surface area contributed by atoms with Gasteiger partial charge in [0.15, 0.2) is 0 Å². The second-order valence-electron chi connectivity index (χ2n) is 6.10. The Bertz CT molecular complexity index is 437. The van der Waals surface area contributed by atoms with Gasteiger partial charge in [0.1, 0.15) is 5.15 Å². The Morgan fingerprint density at radius 3 is 2.55 bits per heavy atom. The highest BCUT2D eigenvalue weighted by Gasteiger charge is 2.19. The van der Waals surface area contributed by atoms with Crippen LogP contribution in [0.1, 0.15) is 37.4 Å².